The number of aromatic nitrogens is 2. The van der Waals surface area contributed by atoms with Crippen LogP contribution in [0.25, 0.3) is 5.65 Å². The minimum absolute atomic E-state index is 0.0193. The van der Waals surface area contributed by atoms with Crippen molar-refractivity contribution in [3.05, 3.63) is 42.2 Å². The number of imidazole rings is 1. The zero-order valence-electron chi connectivity index (χ0n) is 17.5. The maximum absolute atomic E-state index is 13.4. The number of amides is 2. The van der Waals surface area contributed by atoms with Crippen LogP contribution in [0, 0.1) is 16.7 Å². The molecule has 3 fully saturated rings. The Labute approximate surface area is 180 Å². The average Bonchev–Trinajstić information content (AvgIpc) is 3.09. The van der Waals surface area contributed by atoms with Crippen molar-refractivity contribution in [3.63, 3.8) is 0 Å². The molecule has 2 aromatic heterocycles. The largest absolute Gasteiger partial charge is 0.337 e. The number of carbonyl (C=O) groups is 2. The zero-order chi connectivity index (χ0) is 21.2. The van der Waals surface area contributed by atoms with Crippen LogP contribution in [0.15, 0.2) is 36.5 Å². The van der Waals surface area contributed by atoms with Crippen LogP contribution in [0.5, 0.6) is 0 Å². The van der Waals surface area contributed by atoms with Crippen molar-refractivity contribution in [3.8, 4) is 0 Å². The molecule has 1 N–H and O–H groups in total. The van der Waals surface area contributed by atoms with Crippen LogP contribution in [0.1, 0.15) is 55.4 Å². The fraction of sp³-hybridized carbons (Fsp3) is 0.542. The minimum atomic E-state index is -0.827. The van der Waals surface area contributed by atoms with Crippen molar-refractivity contribution in [1.29, 1.82) is 0 Å². The summed E-state index contributed by atoms with van der Waals surface area (Å²) in [5.41, 5.74) is 1.44. The highest BCUT2D eigenvalue weighted by atomic mass is 19.1. The normalized spacial score (nSPS) is 31.6. The molecule has 4 aliphatic rings. The fourth-order valence-corrected chi connectivity index (χ4v) is 6.31. The number of carbonyl (C=O) groups excluding carboxylic acids is 2. The molecule has 3 atom stereocenters. The summed E-state index contributed by atoms with van der Waals surface area (Å²) < 4.78 is 15.2. The number of alkyl halides is 1. The van der Waals surface area contributed by atoms with E-state index in [4.69, 9.17) is 0 Å². The maximum atomic E-state index is 13.4. The van der Waals surface area contributed by atoms with Gasteiger partial charge in [0.25, 0.3) is 5.91 Å². The summed E-state index contributed by atoms with van der Waals surface area (Å²) in [4.78, 5) is 31.9. The van der Waals surface area contributed by atoms with Gasteiger partial charge in [-0.1, -0.05) is 18.2 Å². The quantitative estimate of drug-likeness (QED) is 0.758. The summed E-state index contributed by atoms with van der Waals surface area (Å²) in [6.07, 6.45) is 11.4. The monoisotopic (exact) mass is 422 g/mol. The molecular weight excluding hydrogens is 395 g/mol. The van der Waals surface area contributed by atoms with E-state index in [1.807, 2.05) is 18.2 Å². The van der Waals surface area contributed by atoms with E-state index in [0.717, 1.165) is 25.2 Å². The first kappa shape index (κ1) is 19.0. The number of nitrogens with one attached hydrogen (secondary N) is 1. The Kier molecular flexibility index (Phi) is 4.08. The Morgan fingerprint density at radius 3 is 2.90 bits per heavy atom. The molecule has 2 saturated carbocycles. The molecule has 3 heterocycles. The Morgan fingerprint density at radius 2 is 2.06 bits per heavy atom. The molecular formula is C24H27FN4O2. The lowest BCUT2D eigenvalue weighted by atomic mass is 9.72. The van der Waals surface area contributed by atoms with E-state index in [-0.39, 0.29) is 17.2 Å². The number of pyridine rings is 1. The number of fused-ring (bicyclic) bond motifs is 2. The zero-order valence-corrected chi connectivity index (χ0v) is 17.5. The van der Waals surface area contributed by atoms with Crippen LogP contribution < -0.4 is 5.32 Å². The number of hydrogen-bond acceptors (Lipinski definition) is 3. The van der Waals surface area contributed by atoms with Crippen LogP contribution in [-0.4, -0.2) is 45.4 Å². The molecule has 31 heavy (non-hydrogen) atoms. The third kappa shape index (κ3) is 3.17. The third-order valence-corrected chi connectivity index (χ3v) is 7.89. The van der Waals surface area contributed by atoms with Gasteiger partial charge in [0.1, 0.15) is 23.3 Å². The lowest BCUT2D eigenvalue weighted by Crippen LogP contribution is -2.39. The van der Waals surface area contributed by atoms with Gasteiger partial charge in [-0.25, -0.2) is 9.37 Å². The topological polar surface area (TPSA) is 66.7 Å². The van der Waals surface area contributed by atoms with E-state index >= 15 is 0 Å². The van der Waals surface area contributed by atoms with E-state index in [0.29, 0.717) is 54.9 Å². The van der Waals surface area contributed by atoms with E-state index in [2.05, 4.69) is 22.5 Å². The Morgan fingerprint density at radius 1 is 1.23 bits per heavy atom. The Hall–Kier alpha value is -2.70. The number of anilines is 1. The number of likely N-dealkylation sites (tertiary alicyclic amines) is 1. The van der Waals surface area contributed by atoms with Crippen LogP contribution in [0.3, 0.4) is 0 Å². The van der Waals surface area contributed by atoms with Crippen LogP contribution in [0.2, 0.25) is 0 Å². The molecule has 1 saturated heterocycles. The summed E-state index contributed by atoms with van der Waals surface area (Å²) in [7, 11) is 0. The Bertz CT molecular complexity index is 1100. The minimum Gasteiger partial charge on any atom is -0.337 e. The molecule has 3 unspecified atom stereocenters. The van der Waals surface area contributed by atoms with Gasteiger partial charge in [-0.2, -0.15) is 0 Å². The lowest BCUT2D eigenvalue weighted by molar-refractivity contribution is -0.118. The van der Waals surface area contributed by atoms with Crippen LogP contribution >= 0.6 is 0 Å². The number of allylic oxidation sites excluding steroid dienone is 2. The van der Waals surface area contributed by atoms with Crippen molar-refractivity contribution in [2.24, 2.45) is 16.7 Å². The molecule has 1 spiro atoms. The van der Waals surface area contributed by atoms with Gasteiger partial charge < -0.3 is 10.2 Å². The van der Waals surface area contributed by atoms with Gasteiger partial charge >= 0.3 is 0 Å². The van der Waals surface area contributed by atoms with Crippen LogP contribution in [-0.2, 0) is 4.79 Å². The number of piperidine rings is 1. The first-order chi connectivity index (χ1) is 15.0. The van der Waals surface area contributed by atoms with Crippen molar-refractivity contribution < 1.29 is 14.0 Å². The first-order valence-electron chi connectivity index (χ1n) is 11.3. The van der Waals surface area contributed by atoms with Gasteiger partial charge in [0.05, 0.1) is 0 Å². The summed E-state index contributed by atoms with van der Waals surface area (Å²) in [5.74, 6) is 1.23. The number of nitrogens with zero attached hydrogens (tertiary/aromatic N) is 3. The average molecular weight is 423 g/mol. The SMILES string of the molecule is O=C(CC12CC=CC3(CC3C1)C2)Nc1cccc2nc(C(=O)N3CCC(F)CC3)cn12. The van der Waals surface area contributed by atoms with E-state index in [9.17, 15) is 14.0 Å². The highest BCUT2D eigenvalue weighted by Crippen LogP contribution is 2.73. The summed E-state index contributed by atoms with van der Waals surface area (Å²) >= 11 is 0. The smallest absolute Gasteiger partial charge is 0.274 e. The molecule has 6 rings (SSSR count). The second-order valence-electron chi connectivity index (χ2n) is 10.1. The van der Waals surface area contributed by atoms with E-state index in [1.54, 1.807) is 15.5 Å². The predicted molar refractivity (Wildman–Crippen MR) is 114 cm³/mol. The molecule has 6 nitrogen and oxygen atoms in total. The van der Waals surface area contributed by atoms with Gasteiger partial charge in [0.15, 0.2) is 0 Å². The van der Waals surface area contributed by atoms with E-state index in [1.165, 1.54) is 6.42 Å². The Balaban J connectivity index is 1.19. The molecule has 162 valence electrons. The molecule has 0 aromatic carbocycles. The second-order valence-corrected chi connectivity index (χ2v) is 10.1. The molecule has 0 radical (unpaired) electrons. The molecule has 3 aliphatic carbocycles. The number of rotatable bonds is 4. The van der Waals surface area contributed by atoms with Crippen molar-refractivity contribution in [2.75, 3.05) is 18.4 Å². The highest BCUT2D eigenvalue weighted by Gasteiger charge is 2.64. The summed E-state index contributed by atoms with van der Waals surface area (Å²) in [6.45, 7) is 0.826. The van der Waals surface area contributed by atoms with E-state index < -0.39 is 6.17 Å². The van der Waals surface area contributed by atoms with Gasteiger partial charge in [0.2, 0.25) is 5.91 Å². The molecule has 2 amide bonds. The van der Waals surface area contributed by atoms with Crippen LogP contribution in [0.4, 0.5) is 10.2 Å². The van der Waals surface area contributed by atoms with Crippen molar-refractivity contribution in [1.82, 2.24) is 14.3 Å². The lowest BCUT2D eigenvalue weighted by Gasteiger charge is -2.33. The standard InChI is InChI=1S/C24H27FN4O2/c25-17-5-9-28(10-6-17)22(31)18-14-29-19(26-18)3-1-4-20(29)27-21(30)13-23-7-2-8-24(15-23)12-16(24)11-23/h1-4,8,14,16-17H,5-7,9-13,15H2,(H,27,30). The van der Waals surface area contributed by atoms with Gasteiger partial charge in [-0.15, -0.1) is 0 Å². The number of halogens is 1. The molecule has 2 bridgehead atoms. The predicted octanol–water partition coefficient (Wildman–Crippen LogP) is 3.98. The maximum Gasteiger partial charge on any atom is 0.274 e. The van der Waals surface area contributed by atoms with Gasteiger partial charge in [-0.05, 0) is 67.4 Å². The fourth-order valence-electron chi connectivity index (χ4n) is 6.31. The molecule has 2 aromatic rings. The summed E-state index contributed by atoms with van der Waals surface area (Å²) in [5, 5.41) is 3.06. The number of hydrogen-bond donors (Lipinski definition) is 1. The van der Waals surface area contributed by atoms with Gasteiger partial charge in [-0.3, -0.25) is 14.0 Å². The van der Waals surface area contributed by atoms with Crippen molar-refractivity contribution >= 4 is 23.3 Å². The first-order valence-corrected chi connectivity index (χ1v) is 11.3. The molecule has 1 aliphatic heterocycles. The highest BCUT2D eigenvalue weighted by molar-refractivity contribution is 5.94. The second kappa shape index (κ2) is 6.65. The molecule has 7 heteroatoms. The van der Waals surface area contributed by atoms with Crippen molar-refractivity contribution in [2.45, 2.75) is 51.1 Å². The van der Waals surface area contributed by atoms with Gasteiger partial charge in [0, 0.05) is 25.7 Å². The third-order valence-electron chi connectivity index (χ3n) is 7.89. The summed E-state index contributed by atoms with van der Waals surface area (Å²) in [6, 6.07) is 5.49.